The number of amides is 1. The summed E-state index contributed by atoms with van der Waals surface area (Å²) < 4.78 is 0. The molecule has 0 radical (unpaired) electrons. The first-order valence-corrected chi connectivity index (χ1v) is 6.04. The first kappa shape index (κ1) is 12.3. The van der Waals surface area contributed by atoms with E-state index < -0.39 is 0 Å². The number of aromatic nitrogens is 2. The highest BCUT2D eigenvalue weighted by atomic mass is 16.2. The van der Waals surface area contributed by atoms with Crippen molar-refractivity contribution in [2.45, 2.75) is 19.3 Å². The molecule has 1 amide bonds. The van der Waals surface area contributed by atoms with Crippen molar-refractivity contribution in [3.05, 3.63) is 18.0 Å². The molecule has 1 saturated heterocycles. The molecule has 1 aromatic heterocycles. The first-order valence-electron chi connectivity index (χ1n) is 6.04. The molecule has 1 aliphatic rings. The van der Waals surface area contributed by atoms with Crippen LogP contribution < -0.4 is 5.32 Å². The molecular formula is C12H15N5O. The van der Waals surface area contributed by atoms with Gasteiger partial charge in [0.2, 0.25) is 11.9 Å². The third-order valence-electron chi connectivity index (χ3n) is 2.88. The third-order valence-corrected chi connectivity index (χ3v) is 2.88. The average molecular weight is 245 g/mol. The SMILES string of the molecule is N#Cc1ccnc(NCC(=O)N2CCCCC2)n1. The van der Waals surface area contributed by atoms with E-state index in [4.69, 9.17) is 5.26 Å². The summed E-state index contributed by atoms with van der Waals surface area (Å²) in [5.74, 6) is 0.375. The van der Waals surface area contributed by atoms with Gasteiger partial charge in [0.25, 0.3) is 0 Å². The van der Waals surface area contributed by atoms with Gasteiger partial charge >= 0.3 is 0 Å². The Kier molecular flexibility index (Phi) is 4.07. The molecule has 1 fully saturated rings. The van der Waals surface area contributed by atoms with Crippen LogP contribution >= 0.6 is 0 Å². The lowest BCUT2D eigenvalue weighted by Crippen LogP contribution is -2.39. The molecular weight excluding hydrogens is 230 g/mol. The summed E-state index contributed by atoms with van der Waals surface area (Å²) in [6.07, 6.45) is 4.85. The molecule has 1 aliphatic heterocycles. The first-order chi connectivity index (χ1) is 8.79. The Morgan fingerprint density at radius 1 is 1.44 bits per heavy atom. The van der Waals surface area contributed by atoms with Gasteiger partial charge in [-0.2, -0.15) is 5.26 Å². The number of hydrogen-bond donors (Lipinski definition) is 1. The molecule has 0 saturated carbocycles. The predicted molar refractivity (Wildman–Crippen MR) is 65.7 cm³/mol. The highest BCUT2D eigenvalue weighted by molar-refractivity contribution is 5.80. The van der Waals surface area contributed by atoms with Crippen molar-refractivity contribution in [3.8, 4) is 6.07 Å². The molecule has 6 heteroatoms. The smallest absolute Gasteiger partial charge is 0.241 e. The summed E-state index contributed by atoms with van der Waals surface area (Å²) >= 11 is 0. The molecule has 0 atom stereocenters. The van der Waals surface area contributed by atoms with E-state index in [0.717, 1.165) is 25.9 Å². The molecule has 1 aromatic rings. The second-order valence-corrected chi connectivity index (χ2v) is 4.17. The third kappa shape index (κ3) is 3.17. The maximum absolute atomic E-state index is 11.9. The lowest BCUT2D eigenvalue weighted by atomic mass is 10.1. The number of likely N-dealkylation sites (tertiary alicyclic amines) is 1. The number of carbonyl (C=O) groups excluding carboxylic acids is 1. The lowest BCUT2D eigenvalue weighted by Gasteiger charge is -2.26. The average Bonchev–Trinajstić information content (AvgIpc) is 2.46. The van der Waals surface area contributed by atoms with E-state index in [1.807, 2.05) is 11.0 Å². The van der Waals surface area contributed by atoms with Gasteiger partial charge in [-0.3, -0.25) is 4.79 Å². The Hall–Kier alpha value is -2.16. The van der Waals surface area contributed by atoms with E-state index >= 15 is 0 Å². The van der Waals surface area contributed by atoms with Crippen LogP contribution in [-0.4, -0.2) is 40.4 Å². The van der Waals surface area contributed by atoms with Gasteiger partial charge in [-0.15, -0.1) is 0 Å². The highest BCUT2D eigenvalue weighted by Gasteiger charge is 2.16. The zero-order valence-corrected chi connectivity index (χ0v) is 10.1. The van der Waals surface area contributed by atoms with Gasteiger partial charge in [-0.25, -0.2) is 9.97 Å². The van der Waals surface area contributed by atoms with Crippen molar-refractivity contribution >= 4 is 11.9 Å². The molecule has 94 valence electrons. The van der Waals surface area contributed by atoms with Crippen molar-refractivity contribution < 1.29 is 4.79 Å². The molecule has 6 nitrogen and oxygen atoms in total. The normalized spacial score (nSPS) is 14.9. The molecule has 0 spiro atoms. The molecule has 2 heterocycles. The number of nitriles is 1. The van der Waals surface area contributed by atoms with Crippen molar-refractivity contribution in [1.82, 2.24) is 14.9 Å². The van der Waals surface area contributed by atoms with Crippen LogP contribution in [0, 0.1) is 11.3 Å². The zero-order chi connectivity index (χ0) is 12.8. The Morgan fingerprint density at radius 2 is 2.22 bits per heavy atom. The fourth-order valence-corrected chi connectivity index (χ4v) is 1.92. The molecule has 0 bridgehead atoms. The number of anilines is 1. The summed E-state index contributed by atoms with van der Waals surface area (Å²) in [5, 5.41) is 11.6. The van der Waals surface area contributed by atoms with Crippen LogP contribution in [0.2, 0.25) is 0 Å². The van der Waals surface area contributed by atoms with Gasteiger partial charge in [0.05, 0.1) is 6.54 Å². The predicted octanol–water partition coefficient (Wildman–Crippen LogP) is 0.773. The highest BCUT2D eigenvalue weighted by Crippen LogP contribution is 2.08. The standard InChI is InChI=1S/C12H15N5O/c13-8-10-4-5-14-12(16-10)15-9-11(18)17-6-2-1-3-7-17/h4-5H,1-3,6-7,9H2,(H,14,15,16). The number of piperidine rings is 1. The number of hydrogen-bond acceptors (Lipinski definition) is 5. The molecule has 1 N–H and O–H groups in total. The van der Waals surface area contributed by atoms with E-state index in [9.17, 15) is 4.79 Å². The quantitative estimate of drug-likeness (QED) is 0.850. The van der Waals surface area contributed by atoms with Gasteiger partial charge in [-0.05, 0) is 25.3 Å². The van der Waals surface area contributed by atoms with Crippen LogP contribution in [0.4, 0.5) is 5.95 Å². The number of rotatable bonds is 3. The van der Waals surface area contributed by atoms with Gasteiger partial charge < -0.3 is 10.2 Å². The Morgan fingerprint density at radius 3 is 2.94 bits per heavy atom. The van der Waals surface area contributed by atoms with Crippen molar-refractivity contribution in [1.29, 1.82) is 5.26 Å². The minimum atomic E-state index is 0.0562. The summed E-state index contributed by atoms with van der Waals surface area (Å²) in [6, 6.07) is 3.46. The lowest BCUT2D eigenvalue weighted by molar-refractivity contribution is -0.130. The van der Waals surface area contributed by atoms with Crippen LogP contribution in [0.3, 0.4) is 0 Å². The Labute approximate surface area is 106 Å². The maximum Gasteiger partial charge on any atom is 0.241 e. The summed E-state index contributed by atoms with van der Waals surface area (Å²) in [5.41, 5.74) is 0.290. The number of nitrogens with one attached hydrogen (secondary N) is 1. The van der Waals surface area contributed by atoms with E-state index in [-0.39, 0.29) is 18.1 Å². The summed E-state index contributed by atoms with van der Waals surface area (Å²) in [7, 11) is 0. The maximum atomic E-state index is 11.9. The molecule has 0 aromatic carbocycles. The van der Waals surface area contributed by atoms with Gasteiger partial charge in [0, 0.05) is 19.3 Å². The second-order valence-electron chi connectivity index (χ2n) is 4.17. The molecule has 2 rings (SSSR count). The van der Waals surface area contributed by atoms with Crippen LogP contribution in [0.15, 0.2) is 12.3 Å². The van der Waals surface area contributed by atoms with Crippen molar-refractivity contribution in [2.24, 2.45) is 0 Å². The Bertz CT molecular complexity index is 462. The topological polar surface area (TPSA) is 81.9 Å². The number of carbonyl (C=O) groups is 1. The molecule has 0 aliphatic carbocycles. The second kappa shape index (κ2) is 5.96. The van der Waals surface area contributed by atoms with Gasteiger partial charge in [0.15, 0.2) is 0 Å². The number of nitrogens with zero attached hydrogens (tertiary/aromatic N) is 4. The van der Waals surface area contributed by atoms with E-state index in [1.54, 1.807) is 0 Å². The van der Waals surface area contributed by atoms with Crippen molar-refractivity contribution in [3.63, 3.8) is 0 Å². The largest absolute Gasteiger partial charge is 0.345 e. The fourth-order valence-electron chi connectivity index (χ4n) is 1.92. The fraction of sp³-hybridized carbons (Fsp3) is 0.500. The summed E-state index contributed by atoms with van der Waals surface area (Å²) in [4.78, 5) is 21.6. The van der Waals surface area contributed by atoms with E-state index in [2.05, 4.69) is 15.3 Å². The van der Waals surface area contributed by atoms with Crippen LogP contribution in [0.25, 0.3) is 0 Å². The minimum absolute atomic E-state index is 0.0562. The van der Waals surface area contributed by atoms with Crippen molar-refractivity contribution in [2.75, 3.05) is 25.0 Å². The summed E-state index contributed by atoms with van der Waals surface area (Å²) in [6.45, 7) is 1.84. The van der Waals surface area contributed by atoms with Gasteiger partial charge in [0.1, 0.15) is 11.8 Å². The van der Waals surface area contributed by atoms with E-state index in [1.165, 1.54) is 18.7 Å². The van der Waals surface area contributed by atoms with Crippen LogP contribution in [0.5, 0.6) is 0 Å². The van der Waals surface area contributed by atoms with Crippen LogP contribution in [-0.2, 0) is 4.79 Å². The molecule has 18 heavy (non-hydrogen) atoms. The monoisotopic (exact) mass is 245 g/mol. The minimum Gasteiger partial charge on any atom is -0.345 e. The van der Waals surface area contributed by atoms with E-state index in [0.29, 0.717) is 5.95 Å². The van der Waals surface area contributed by atoms with Crippen LogP contribution in [0.1, 0.15) is 25.0 Å². The van der Waals surface area contributed by atoms with Gasteiger partial charge in [-0.1, -0.05) is 0 Å². The zero-order valence-electron chi connectivity index (χ0n) is 10.1. The molecule has 0 unspecified atom stereocenters. The Balaban J connectivity index is 1.86.